The first-order chi connectivity index (χ1) is 13.9. The Morgan fingerprint density at radius 3 is 2.62 bits per heavy atom. The molecule has 4 heterocycles. The van der Waals surface area contributed by atoms with Crippen LogP contribution in [0.25, 0.3) is 0 Å². The van der Waals surface area contributed by atoms with Gasteiger partial charge in [0.1, 0.15) is 22.4 Å². The quantitative estimate of drug-likeness (QED) is 0.741. The second-order valence-electron chi connectivity index (χ2n) is 8.13. The lowest BCUT2D eigenvalue weighted by atomic mass is 9.98. The third-order valence-corrected chi connectivity index (χ3v) is 7.82. The van der Waals surface area contributed by atoms with Gasteiger partial charge in [-0.15, -0.1) is 0 Å². The molecular formula is C20H30N6O2S. The van der Waals surface area contributed by atoms with Crippen molar-refractivity contribution in [2.24, 2.45) is 5.92 Å². The van der Waals surface area contributed by atoms with Gasteiger partial charge in [-0.3, -0.25) is 0 Å². The molecule has 1 unspecified atom stereocenters. The second kappa shape index (κ2) is 8.39. The highest BCUT2D eigenvalue weighted by Gasteiger charge is 2.32. The monoisotopic (exact) mass is 418 g/mol. The Morgan fingerprint density at radius 1 is 1.10 bits per heavy atom. The van der Waals surface area contributed by atoms with Crippen molar-refractivity contribution in [3.63, 3.8) is 0 Å². The molecule has 0 radical (unpaired) electrons. The van der Waals surface area contributed by atoms with Crippen LogP contribution in [0, 0.1) is 19.8 Å². The summed E-state index contributed by atoms with van der Waals surface area (Å²) in [6, 6.07) is 3.43. The maximum Gasteiger partial charge on any atom is 0.246 e. The minimum atomic E-state index is -3.52. The lowest BCUT2D eigenvalue weighted by molar-refractivity contribution is 0.341. The number of sulfonamides is 1. The van der Waals surface area contributed by atoms with Gasteiger partial charge in [0.15, 0.2) is 0 Å². The van der Waals surface area contributed by atoms with Gasteiger partial charge in [-0.25, -0.2) is 23.1 Å². The Labute approximate surface area is 173 Å². The van der Waals surface area contributed by atoms with E-state index in [0.717, 1.165) is 63.4 Å². The van der Waals surface area contributed by atoms with E-state index >= 15 is 0 Å². The summed E-state index contributed by atoms with van der Waals surface area (Å²) in [5.41, 5.74) is 0. The highest BCUT2D eigenvalue weighted by Crippen LogP contribution is 2.31. The Bertz CT molecular complexity index is 952. The molecule has 0 bridgehead atoms. The van der Waals surface area contributed by atoms with E-state index in [1.165, 1.54) is 0 Å². The minimum Gasteiger partial charge on any atom is -0.355 e. The number of hydrogen-bond donors (Lipinski definition) is 0. The molecule has 0 saturated carbocycles. The first-order valence-electron chi connectivity index (χ1n) is 10.5. The summed E-state index contributed by atoms with van der Waals surface area (Å²) in [5, 5.41) is 4.49. The number of anilines is 1. The van der Waals surface area contributed by atoms with Crippen LogP contribution in [0.5, 0.6) is 0 Å². The molecule has 2 saturated heterocycles. The van der Waals surface area contributed by atoms with Crippen LogP contribution < -0.4 is 4.90 Å². The summed E-state index contributed by atoms with van der Waals surface area (Å²) in [6.45, 7) is 7.48. The van der Waals surface area contributed by atoms with Crippen molar-refractivity contribution in [1.29, 1.82) is 0 Å². The van der Waals surface area contributed by atoms with Crippen LogP contribution in [0.15, 0.2) is 23.2 Å². The summed E-state index contributed by atoms with van der Waals surface area (Å²) in [6.07, 6.45) is 6.75. The van der Waals surface area contributed by atoms with Crippen molar-refractivity contribution in [3.8, 4) is 0 Å². The number of rotatable bonds is 5. The van der Waals surface area contributed by atoms with Gasteiger partial charge in [0.25, 0.3) is 0 Å². The second-order valence-corrected chi connectivity index (χ2v) is 10.0. The lowest BCUT2D eigenvalue weighted by Crippen LogP contribution is -2.40. The van der Waals surface area contributed by atoms with Gasteiger partial charge >= 0.3 is 0 Å². The van der Waals surface area contributed by atoms with Gasteiger partial charge in [0, 0.05) is 38.9 Å². The van der Waals surface area contributed by atoms with Crippen molar-refractivity contribution in [1.82, 2.24) is 24.1 Å². The Balaban J connectivity index is 1.56. The number of aromatic nitrogens is 4. The summed E-state index contributed by atoms with van der Waals surface area (Å²) >= 11 is 0. The molecule has 0 spiro atoms. The maximum atomic E-state index is 13.3. The van der Waals surface area contributed by atoms with Crippen molar-refractivity contribution in [3.05, 3.63) is 30.0 Å². The van der Waals surface area contributed by atoms with Gasteiger partial charge in [-0.1, -0.05) is 6.42 Å². The average Bonchev–Trinajstić information content (AvgIpc) is 3.05. The molecule has 0 aliphatic carbocycles. The molecule has 4 rings (SSSR count). The third-order valence-electron chi connectivity index (χ3n) is 5.90. The average molecular weight is 419 g/mol. The summed E-state index contributed by atoms with van der Waals surface area (Å²) in [4.78, 5) is 11.4. The van der Waals surface area contributed by atoms with E-state index in [0.29, 0.717) is 29.7 Å². The van der Waals surface area contributed by atoms with E-state index in [-0.39, 0.29) is 0 Å². The molecule has 8 nitrogen and oxygen atoms in total. The van der Waals surface area contributed by atoms with Gasteiger partial charge in [0.05, 0.1) is 0 Å². The van der Waals surface area contributed by atoms with Crippen LogP contribution >= 0.6 is 0 Å². The summed E-state index contributed by atoms with van der Waals surface area (Å²) in [7, 11) is -3.52. The van der Waals surface area contributed by atoms with Crippen molar-refractivity contribution < 1.29 is 8.42 Å². The van der Waals surface area contributed by atoms with Crippen molar-refractivity contribution >= 4 is 15.8 Å². The Morgan fingerprint density at radius 2 is 1.90 bits per heavy atom. The standard InChI is InChI=1S/C20H30N6O2S/c1-16-22-17(2)26(23-16)15-18-8-7-11-24(14-18)20-19(9-6-10-21-20)29(27,28)25-12-4-3-5-13-25/h6,9-10,18H,3-5,7-8,11-15H2,1-2H3. The molecule has 2 fully saturated rings. The highest BCUT2D eigenvalue weighted by molar-refractivity contribution is 7.89. The molecule has 2 aromatic rings. The number of piperidine rings is 2. The number of pyridine rings is 1. The lowest BCUT2D eigenvalue weighted by Gasteiger charge is -2.35. The Hall–Kier alpha value is -2.00. The predicted molar refractivity (Wildman–Crippen MR) is 111 cm³/mol. The van der Waals surface area contributed by atoms with E-state index in [1.54, 1.807) is 22.6 Å². The summed E-state index contributed by atoms with van der Waals surface area (Å²) in [5.74, 6) is 2.69. The number of nitrogens with zero attached hydrogens (tertiary/aromatic N) is 6. The van der Waals surface area contributed by atoms with Crippen LogP contribution in [-0.2, 0) is 16.6 Å². The van der Waals surface area contributed by atoms with Crippen molar-refractivity contribution in [2.45, 2.75) is 57.4 Å². The van der Waals surface area contributed by atoms with Crippen LogP contribution in [0.1, 0.15) is 43.8 Å². The van der Waals surface area contributed by atoms with Crippen LogP contribution in [0.3, 0.4) is 0 Å². The zero-order valence-electron chi connectivity index (χ0n) is 17.3. The van der Waals surface area contributed by atoms with E-state index in [9.17, 15) is 8.42 Å². The first kappa shape index (κ1) is 20.3. The van der Waals surface area contributed by atoms with Crippen LogP contribution in [0.2, 0.25) is 0 Å². The van der Waals surface area contributed by atoms with E-state index in [2.05, 4.69) is 20.0 Å². The molecular weight excluding hydrogens is 388 g/mol. The van der Waals surface area contributed by atoms with Gasteiger partial charge in [0.2, 0.25) is 10.0 Å². The summed E-state index contributed by atoms with van der Waals surface area (Å²) < 4.78 is 30.2. The SMILES string of the molecule is Cc1nc(C)n(CC2CCCN(c3ncccc3S(=O)(=O)N3CCCCC3)C2)n1. The smallest absolute Gasteiger partial charge is 0.246 e. The number of aryl methyl sites for hydroxylation is 2. The molecule has 2 aliphatic heterocycles. The van der Waals surface area contributed by atoms with E-state index in [4.69, 9.17) is 0 Å². The first-order valence-corrected chi connectivity index (χ1v) is 12.0. The third kappa shape index (κ3) is 4.30. The molecule has 29 heavy (non-hydrogen) atoms. The fourth-order valence-electron chi connectivity index (χ4n) is 4.45. The zero-order valence-corrected chi connectivity index (χ0v) is 18.1. The highest BCUT2D eigenvalue weighted by atomic mass is 32.2. The largest absolute Gasteiger partial charge is 0.355 e. The Kier molecular flexibility index (Phi) is 5.87. The normalized spacial score (nSPS) is 21.4. The van der Waals surface area contributed by atoms with Gasteiger partial charge < -0.3 is 4.90 Å². The maximum absolute atomic E-state index is 13.3. The molecule has 9 heteroatoms. The molecule has 158 valence electrons. The zero-order chi connectivity index (χ0) is 20.4. The van der Waals surface area contributed by atoms with E-state index < -0.39 is 10.0 Å². The molecule has 0 amide bonds. The van der Waals surface area contributed by atoms with Gasteiger partial charge in [-0.05, 0) is 57.6 Å². The number of hydrogen-bond acceptors (Lipinski definition) is 6. The van der Waals surface area contributed by atoms with Crippen LogP contribution in [0.4, 0.5) is 5.82 Å². The fraction of sp³-hybridized carbons (Fsp3) is 0.650. The van der Waals surface area contributed by atoms with Gasteiger partial charge in [-0.2, -0.15) is 9.40 Å². The predicted octanol–water partition coefficient (Wildman–Crippen LogP) is 2.38. The fourth-order valence-corrected chi connectivity index (χ4v) is 6.13. The molecule has 2 aromatic heterocycles. The van der Waals surface area contributed by atoms with E-state index in [1.807, 2.05) is 18.5 Å². The topological polar surface area (TPSA) is 84.2 Å². The molecule has 1 atom stereocenters. The van der Waals surface area contributed by atoms with Crippen LogP contribution in [-0.4, -0.2) is 58.7 Å². The minimum absolute atomic E-state index is 0.343. The molecule has 2 aliphatic rings. The molecule has 0 N–H and O–H groups in total. The van der Waals surface area contributed by atoms with Crippen molar-refractivity contribution in [2.75, 3.05) is 31.1 Å². The molecule has 0 aromatic carbocycles.